The molecule has 0 fully saturated rings. The van der Waals surface area contributed by atoms with Crippen LogP contribution in [0, 0.1) is 13.8 Å². The van der Waals surface area contributed by atoms with Gasteiger partial charge in [-0.1, -0.05) is 47.7 Å². The number of carbonyl (C=O) groups is 1. The molecule has 0 spiro atoms. The van der Waals surface area contributed by atoms with Gasteiger partial charge in [0.25, 0.3) is 0 Å². The van der Waals surface area contributed by atoms with Crippen LogP contribution in [0.2, 0.25) is 0 Å². The van der Waals surface area contributed by atoms with E-state index in [4.69, 9.17) is 0 Å². The van der Waals surface area contributed by atoms with E-state index < -0.39 is 0 Å². The number of aromatic nitrogens is 2. The Labute approximate surface area is 146 Å². The van der Waals surface area contributed by atoms with Crippen LogP contribution in [0.1, 0.15) is 16.7 Å². The lowest BCUT2D eigenvalue weighted by Crippen LogP contribution is -2.28. The van der Waals surface area contributed by atoms with Gasteiger partial charge >= 0.3 is 0 Å². The summed E-state index contributed by atoms with van der Waals surface area (Å²) in [5.74, 6) is 0.474. The summed E-state index contributed by atoms with van der Waals surface area (Å²) in [5, 5.41) is 0.782. The molecule has 1 aromatic heterocycles. The van der Waals surface area contributed by atoms with E-state index in [1.165, 1.54) is 28.5 Å². The molecule has 5 heteroatoms. The fourth-order valence-electron chi connectivity index (χ4n) is 2.60. The normalized spacial score (nSPS) is 11.0. The molecule has 1 N–H and O–H groups in total. The number of rotatable bonds is 5. The predicted molar refractivity (Wildman–Crippen MR) is 99.2 cm³/mol. The number of fused-ring (bicyclic) bond motifs is 1. The monoisotopic (exact) mass is 339 g/mol. The molecule has 0 aliphatic heterocycles. The van der Waals surface area contributed by atoms with Crippen molar-refractivity contribution < 1.29 is 4.79 Å². The number of nitrogens with one attached hydrogen (secondary N) is 1. The Morgan fingerprint density at radius 3 is 2.75 bits per heavy atom. The Kier molecular flexibility index (Phi) is 4.90. The Hall–Kier alpha value is -2.27. The van der Waals surface area contributed by atoms with E-state index in [1.807, 2.05) is 31.3 Å². The Morgan fingerprint density at radius 2 is 2.00 bits per heavy atom. The van der Waals surface area contributed by atoms with Gasteiger partial charge < -0.3 is 9.88 Å². The van der Waals surface area contributed by atoms with Crippen LogP contribution in [0.3, 0.4) is 0 Å². The summed E-state index contributed by atoms with van der Waals surface area (Å²) in [4.78, 5) is 21.9. The molecule has 0 radical (unpaired) electrons. The van der Waals surface area contributed by atoms with E-state index in [0.29, 0.717) is 12.3 Å². The minimum absolute atomic E-state index is 0.0976. The van der Waals surface area contributed by atoms with Crippen molar-refractivity contribution in [2.75, 3.05) is 12.8 Å². The second kappa shape index (κ2) is 7.09. The third kappa shape index (κ3) is 3.79. The van der Waals surface area contributed by atoms with Gasteiger partial charge in [0, 0.05) is 13.6 Å². The Bertz CT molecular complexity index is 839. The largest absolute Gasteiger partial charge is 0.341 e. The number of aromatic amines is 1. The molecule has 0 bridgehead atoms. The van der Waals surface area contributed by atoms with Crippen LogP contribution in [0.4, 0.5) is 0 Å². The molecule has 3 rings (SSSR count). The molecule has 1 amide bonds. The number of hydrogen-bond donors (Lipinski definition) is 1. The maximum atomic E-state index is 12.4. The minimum atomic E-state index is 0.0976. The topological polar surface area (TPSA) is 49.0 Å². The number of carbonyl (C=O) groups excluding carboxylic acids is 1. The Balaban J connectivity index is 1.59. The summed E-state index contributed by atoms with van der Waals surface area (Å²) in [6.45, 7) is 4.80. The first kappa shape index (κ1) is 16.6. The number of hydrogen-bond acceptors (Lipinski definition) is 3. The maximum absolute atomic E-state index is 12.4. The van der Waals surface area contributed by atoms with E-state index in [0.717, 1.165) is 16.2 Å². The molecule has 124 valence electrons. The van der Waals surface area contributed by atoms with Gasteiger partial charge in [0.2, 0.25) is 5.91 Å². The fourth-order valence-corrected chi connectivity index (χ4v) is 3.43. The highest BCUT2D eigenvalue weighted by molar-refractivity contribution is 7.99. The lowest BCUT2D eigenvalue weighted by atomic mass is 10.1. The molecule has 0 saturated heterocycles. The number of nitrogens with zero attached hydrogens (tertiary/aromatic N) is 2. The van der Waals surface area contributed by atoms with Crippen LogP contribution in [-0.4, -0.2) is 33.6 Å². The average Bonchev–Trinajstić information content (AvgIpc) is 2.98. The van der Waals surface area contributed by atoms with E-state index in [1.54, 1.807) is 4.90 Å². The quantitative estimate of drug-likeness (QED) is 0.717. The molecule has 0 saturated carbocycles. The summed E-state index contributed by atoms with van der Waals surface area (Å²) in [6.07, 6.45) is 0. The molecule has 2 aromatic carbocycles. The number of H-pyrrole nitrogens is 1. The Morgan fingerprint density at radius 1 is 1.21 bits per heavy atom. The molecule has 0 aliphatic carbocycles. The third-order valence-electron chi connectivity index (χ3n) is 4.03. The molecule has 0 atom stereocenters. The zero-order valence-electron chi connectivity index (χ0n) is 14.2. The van der Waals surface area contributed by atoms with Crippen LogP contribution in [0.5, 0.6) is 0 Å². The maximum Gasteiger partial charge on any atom is 0.233 e. The molecule has 1 heterocycles. The lowest BCUT2D eigenvalue weighted by Gasteiger charge is -2.18. The van der Waals surface area contributed by atoms with E-state index in [2.05, 4.69) is 42.0 Å². The van der Waals surface area contributed by atoms with Crippen molar-refractivity contribution in [1.29, 1.82) is 0 Å². The smallest absolute Gasteiger partial charge is 0.233 e. The van der Waals surface area contributed by atoms with Gasteiger partial charge in [-0.2, -0.15) is 0 Å². The predicted octanol–water partition coefficient (Wildman–Crippen LogP) is 3.93. The molecule has 24 heavy (non-hydrogen) atoms. The van der Waals surface area contributed by atoms with Crippen molar-refractivity contribution in [3.63, 3.8) is 0 Å². The molecule has 3 aromatic rings. The third-order valence-corrected chi connectivity index (χ3v) is 4.89. The number of aryl methyl sites for hydroxylation is 2. The van der Waals surface area contributed by atoms with Crippen molar-refractivity contribution in [3.8, 4) is 0 Å². The van der Waals surface area contributed by atoms with Gasteiger partial charge in [0.15, 0.2) is 5.16 Å². The van der Waals surface area contributed by atoms with E-state index >= 15 is 0 Å². The first-order valence-corrected chi connectivity index (χ1v) is 8.89. The molecule has 4 nitrogen and oxygen atoms in total. The highest BCUT2D eigenvalue weighted by Gasteiger charge is 2.12. The van der Waals surface area contributed by atoms with Crippen molar-refractivity contribution in [1.82, 2.24) is 14.9 Å². The van der Waals surface area contributed by atoms with Crippen LogP contribution >= 0.6 is 11.8 Å². The second-order valence-corrected chi connectivity index (χ2v) is 6.99. The summed E-state index contributed by atoms with van der Waals surface area (Å²) in [7, 11) is 1.85. The first-order chi connectivity index (χ1) is 11.5. The van der Waals surface area contributed by atoms with Crippen LogP contribution in [-0.2, 0) is 11.3 Å². The summed E-state index contributed by atoms with van der Waals surface area (Å²) < 4.78 is 0. The molecule has 0 unspecified atom stereocenters. The van der Waals surface area contributed by atoms with Crippen LogP contribution < -0.4 is 0 Å². The second-order valence-electron chi connectivity index (χ2n) is 6.03. The van der Waals surface area contributed by atoms with Crippen LogP contribution in [0.25, 0.3) is 11.0 Å². The standard InChI is InChI=1S/C19H21N3OS/c1-13-8-9-15(14(2)10-13)11-22(3)18(23)12-24-19-20-16-6-4-5-7-17(16)21-19/h4-10H,11-12H2,1-3H3,(H,20,21). The molecule has 0 aliphatic rings. The average molecular weight is 339 g/mol. The van der Waals surface area contributed by atoms with Gasteiger partial charge in [-0.15, -0.1) is 0 Å². The highest BCUT2D eigenvalue weighted by Crippen LogP contribution is 2.20. The van der Waals surface area contributed by atoms with Gasteiger partial charge in [0.1, 0.15) is 0 Å². The lowest BCUT2D eigenvalue weighted by molar-refractivity contribution is -0.127. The van der Waals surface area contributed by atoms with Gasteiger partial charge in [-0.25, -0.2) is 4.98 Å². The number of thioether (sulfide) groups is 1. The van der Waals surface area contributed by atoms with Crippen molar-refractivity contribution in [2.24, 2.45) is 0 Å². The number of amides is 1. The summed E-state index contributed by atoms with van der Waals surface area (Å²) >= 11 is 1.44. The van der Waals surface area contributed by atoms with E-state index in [-0.39, 0.29) is 5.91 Å². The van der Waals surface area contributed by atoms with Crippen molar-refractivity contribution in [2.45, 2.75) is 25.5 Å². The van der Waals surface area contributed by atoms with Crippen molar-refractivity contribution >= 4 is 28.7 Å². The fraction of sp³-hybridized carbons (Fsp3) is 0.263. The summed E-state index contributed by atoms with van der Waals surface area (Å²) in [5.41, 5.74) is 5.57. The summed E-state index contributed by atoms with van der Waals surface area (Å²) in [6, 6.07) is 14.2. The van der Waals surface area contributed by atoms with Gasteiger partial charge in [-0.3, -0.25) is 4.79 Å². The number of imidazole rings is 1. The number of benzene rings is 2. The van der Waals surface area contributed by atoms with Gasteiger partial charge in [0.05, 0.1) is 16.8 Å². The highest BCUT2D eigenvalue weighted by atomic mass is 32.2. The van der Waals surface area contributed by atoms with Gasteiger partial charge in [-0.05, 0) is 37.1 Å². The zero-order chi connectivity index (χ0) is 17.1. The number of para-hydroxylation sites is 2. The minimum Gasteiger partial charge on any atom is -0.341 e. The first-order valence-electron chi connectivity index (χ1n) is 7.90. The molecular formula is C19H21N3OS. The van der Waals surface area contributed by atoms with Crippen molar-refractivity contribution in [3.05, 3.63) is 59.2 Å². The SMILES string of the molecule is Cc1ccc(CN(C)C(=O)CSc2nc3ccccc3[nH]2)c(C)c1. The molecular weight excluding hydrogens is 318 g/mol. The zero-order valence-corrected chi connectivity index (χ0v) is 15.0. The van der Waals surface area contributed by atoms with E-state index in [9.17, 15) is 4.79 Å². The van der Waals surface area contributed by atoms with Crippen LogP contribution in [0.15, 0.2) is 47.6 Å².